The first-order valence-corrected chi connectivity index (χ1v) is 15.9. The zero-order valence-electron chi connectivity index (χ0n) is 26.9. The lowest BCUT2D eigenvalue weighted by atomic mass is 10.1. The summed E-state index contributed by atoms with van der Waals surface area (Å²) in [5.74, 6) is 1.89. The predicted molar refractivity (Wildman–Crippen MR) is 184 cm³/mol. The Kier molecular flexibility index (Phi) is 9.75. The van der Waals surface area contributed by atoms with Crippen LogP contribution in [0.15, 0.2) is 111 Å². The standard InChI is InChI=1S/C37H36N6O5/c1-3-43(29-11-14-31-32(22-29)36(46)41-40-35(31)45)18-5-4-17-38-34(44)28-8-6-7-25(21-28)24-42-19-15-27(16-20-42)37-39-23-33(48-37)26-9-12-30(47-2)13-10-26/h6-16,19-23,39H,3-5,17-18,24H2,1-2H3,(H,38,44)/p+1. The molecule has 3 aromatic carbocycles. The van der Waals surface area contributed by atoms with Gasteiger partial charge < -0.3 is 19.4 Å². The number of aromatic amines is 2. The summed E-state index contributed by atoms with van der Waals surface area (Å²) in [6.07, 6.45) is 7.30. The number of hydrogen-bond donors (Lipinski definition) is 3. The van der Waals surface area contributed by atoms with E-state index in [1.54, 1.807) is 25.4 Å². The molecule has 0 radical (unpaired) electrons. The molecule has 3 N–H and O–H groups in total. The number of oxazole rings is 1. The number of pyridine rings is 1. The molecule has 0 aliphatic carbocycles. The zero-order chi connectivity index (χ0) is 33.5. The van der Waals surface area contributed by atoms with Crippen LogP contribution in [0.1, 0.15) is 35.7 Å². The third-order valence-corrected chi connectivity index (χ3v) is 8.24. The molecule has 244 valence electrons. The number of fused-ring (bicyclic) bond motifs is 1. The maximum absolute atomic E-state index is 12.9. The fourth-order valence-corrected chi connectivity index (χ4v) is 5.59. The van der Waals surface area contributed by atoms with Crippen LogP contribution in [0.3, 0.4) is 0 Å². The highest BCUT2D eigenvalue weighted by Gasteiger charge is 2.13. The molecule has 0 saturated carbocycles. The molecule has 0 aliphatic heterocycles. The Morgan fingerprint density at radius 1 is 0.917 bits per heavy atom. The maximum atomic E-state index is 12.9. The molecule has 0 atom stereocenters. The number of aromatic nitrogens is 4. The highest BCUT2D eigenvalue weighted by Crippen LogP contribution is 2.27. The monoisotopic (exact) mass is 645 g/mol. The molecule has 11 nitrogen and oxygen atoms in total. The Morgan fingerprint density at radius 2 is 1.69 bits per heavy atom. The highest BCUT2D eigenvalue weighted by molar-refractivity contribution is 5.94. The van der Waals surface area contributed by atoms with E-state index in [0.29, 0.717) is 41.1 Å². The van der Waals surface area contributed by atoms with E-state index in [1.165, 1.54) is 0 Å². The van der Waals surface area contributed by atoms with Crippen molar-refractivity contribution in [3.05, 3.63) is 129 Å². The fraction of sp³-hybridized carbons (Fsp3) is 0.216. The van der Waals surface area contributed by atoms with Gasteiger partial charge in [0.15, 0.2) is 24.7 Å². The van der Waals surface area contributed by atoms with Crippen molar-refractivity contribution < 1.29 is 18.5 Å². The number of amides is 1. The second-order valence-corrected chi connectivity index (χ2v) is 11.4. The number of rotatable bonds is 13. The normalized spacial score (nSPS) is 11.0. The summed E-state index contributed by atoms with van der Waals surface area (Å²) in [6, 6.07) is 24.5. The quantitative estimate of drug-likeness (QED) is 0.120. The first-order chi connectivity index (χ1) is 23.4. The Labute approximate surface area is 276 Å². The molecule has 0 saturated heterocycles. The topological polar surface area (TPSA) is 137 Å². The number of nitrogens with zero attached hydrogens (tertiary/aromatic N) is 3. The van der Waals surface area contributed by atoms with Gasteiger partial charge in [-0.3, -0.25) is 24.6 Å². The summed E-state index contributed by atoms with van der Waals surface area (Å²) in [5, 5.41) is 8.50. The number of anilines is 1. The molecule has 1 amide bonds. The van der Waals surface area contributed by atoms with Gasteiger partial charge in [-0.15, -0.1) is 0 Å². The zero-order valence-corrected chi connectivity index (χ0v) is 26.9. The van der Waals surface area contributed by atoms with Crippen molar-refractivity contribution >= 4 is 22.4 Å². The Bertz CT molecular complexity index is 2130. The number of methoxy groups -OCH3 is 1. The predicted octanol–water partition coefficient (Wildman–Crippen LogP) is 4.92. The van der Waals surface area contributed by atoms with E-state index in [4.69, 9.17) is 9.15 Å². The minimum Gasteiger partial charge on any atom is -0.497 e. The van der Waals surface area contributed by atoms with Gasteiger partial charge in [-0.1, -0.05) is 12.1 Å². The smallest absolute Gasteiger partial charge is 0.270 e. The van der Waals surface area contributed by atoms with Gasteiger partial charge in [-0.25, -0.2) is 9.55 Å². The van der Waals surface area contributed by atoms with Crippen molar-refractivity contribution in [2.24, 2.45) is 0 Å². The average molecular weight is 646 g/mol. The summed E-state index contributed by atoms with van der Waals surface area (Å²) in [6.45, 7) is 4.70. The lowest BCUT2D eigenvalue weighted by molar-refractivity contribution is -0.688. The van der Waals surface area contributed by atoms with E-state index < -0.39 is 0 Å². The summed E-state index contributed by atoms with van der Waals surface area (Å²) in [5.41, 5.74) is 3.64. The van der Waals surface area contributed by atoms with Crippen LogP contribution < -0.4 is 30.6 Å². The number of benzene rings is 3. The van der Waals surface area contributed by atoms with Crippen molar-refractivity contribution in [2.75, 3.05) is 31.6 Å². The van der Waals surface area contributed by atoms with Crippen LogP contribution in [0, 0.1) is 0 Å². The minimum absolute atomic E-state index is 0.111. The van der Waals surface area contributed by atoms with Crippen molar-refractivity contribution in [3.8, 4) is 28.5 Å². The number of hydrogen-bond acceptors (Lipinski definition) is 7. The molecule has 3 heterocycles. The van der Waals surface area contributed by atoms with Crippen molar-refractivity contribution in [2.45, 2.75) is 26.3 Å². The molecular weight excluding hydrogens is 608 g/mol. The Hall–Kier alpha value is -5.97. The largest absolute Gasteiger partial charge is 0.497 e. The molecule has 0 spiro atoms. The minimum atomic E-state index is -0.325. The number of nitrogens with one attached hydrogen (secondary N) is 3. The van der Waals surface area contributed by atoms with Gasteiger partial charge in [0.05, 0.1) is 24.1 Å². The third kappa shape index (κ3) is 7.36. The molecule has 11 heteroatoms. The van der Waals surface area contributed by atoms with Crippen LogP contribution in [0.2, 0.25) is 0 Å². The van der Waals surface area contributed by atoms with Crippen LogP contribution >= 0.6 is 0 Å². The molecule has 3 aromatic heterocycles. The van der Waals surface area contributed by atoms with E-state index in [-0.39, 0.29) is 17.0 Å². The first-order valence-electron chi connectivity index (χ1n) is 15.9. The number of ether oxygens (including phenoxy) is 1. The molecule has 0 aliphatic rings. The number of carbonyl (C=O) groups excluding carboxylic acids is 1. The average Bonchev–Trinajstić information content (AvgIpc) is 3.62. The van der Waals surface area contributed by atoms with E-state index in [9.17, 15) is 14.4 Å². The van der Waals surface area contributed by atoms with Crippen LogP contribution in [0.25, 0.3) is 33.6 Å². The number of H-pyrrole nitrogens is 2. The lowest BCUT2D eigenvalue weighted by Crippen LogP contribution is -2.33. The number of carbonyl (C=O) groups is 1. The Balaban J connectivity index is 0.989. The number of unbranched alkanes of at least 4 members (excludes halogenated alkanes) is 1. The van der Waals surface area contributed by atoms with Crippen LogP contribution in [-0.2, 0) is 6.54 Å². The van der Waals surface area contributed by atoms with Gasteiger partial charge >= 0.3 is 0 Å². The second-order valence-electron chi connectivity index (χ2n) is 11.4. The van der Waals surface area contributed by atoms with E-state index in [1.807, 2.05) is 90.6 Å². The van der Waals surface area contributed by atoms with Gasteiger partial charge in [-0.05, 0) is 74.4 Å². The Morgan fingerprint density at radius 3 is 2.44 bits per heavy atom. The lowest BCUT2D eigenvalue weighted by Gasteiger charge is -2.23. The molecular formula is C37H37N6O5+. The maximum Gasteiger partial charge on any atom is 0.270 e. The van der Waals surface area contributed by atoms with E-state index in [0.717, 1.165) is 54.1 Å². The summed E-state index contributed by atoms with van der Waals surface area (Å²) in [4.78, 5) is 43.8. The van der Waals surface area contributed by atoms with Crippen LogP contribution in [0.4, 0.5) is 5.69 Å². The molecule has 0 bridgehead atoms. The molecule has 0 unspecified atom stereocenters. The van der Waals surface area contributed by atoms with Crippen LogP contribution in [-0.4, -0.2) is 47.8 Å². The molecule has 6 aromatic rings. The van der Waals surface area contributed by atoms with Crippen LogP contribution in [0.5, 0.6) is 5.75 Å². The fourth-order valence-electron chi connectivity index (χ4n) is 5.59. The van der Waals surface area contributed by atoms with E-state index in [2.05, 4.69) is 25.4 Å². The van der Waals surface area contributed by atoms with Gasteiger partial charge in [-0.2, -0.15) is 0 Å². The summed E-state index contributed by atoms with van der Waals surface area (Å²) < 4.78 is 13.3. The highest BCUT2D eigenvalue weighted by atomic mass is 16.5. The first kappa shape index (κ1) is 32.0. The second kappa shape index (κ2) is 14.6. The van der Waals surface area contributed by atoms with Gasteiger partial charge in [0.1, 0.15) is 5.75 Å². The van der Waals surface area contributed by atoms with Gasteiger partial charge in [0.25, 0.3) is 17.0 Å². The van der Waals surface area contributed by atoms with Crippen molar-refractivity contribution in [1.82, 2.24) is 20.5 Å². The summed E-state index contributed by atoms with van der Waals surface area (Å²) in [7, 11) is 1.64. The van der Waals surface area contributed by atoms with Gasteiger partial charge in [0, 0.05) is 59.7 Å². The van der Waals surface area contributed by atoms with Gasteiger partial charge in [0.2, 0.25) is 5.89 Å². The SMILES string of the molecule is CCN(CCCCNC(=O)c1cccc(C[n+]2ccc(-c3ncc(-c4ccc(OC)cc4)o3)cc2)c1)c1ccc2c(=O)[nH][nH]c(=O)c2c1. The molecule has 6 rings (SSSR count). The molecule has 0 fully saturated rings. The summed E-state index contributed by atoms with van der Waals surface area (Å²) >= 11 is 0. The molecule has 48 heavy (non-hydrogen) atoms. The van der Waals surface area contributed by atoms with Crippen molar-refractivity contribution in [3.63, 3.8) is 0 Å². The third-order valence-electron chi connectivity index (χ3n) is 8.24. The van der Waals surface area contributed by atoms with Crippen molar-refractivity contribution in [1.29, 1.82) is 0 Å². The van der Waals surface area contributed by atoms with E-state index >= 15 is 0 Å².